The molecule has 0 aliphatic rings. The molecule has 0 saturated carbocycles. The molecule has 0 saturated heterocycles. The lowest BCUT2D eigenvalue weighted by molar-refractivity contribution is -0.705. The van der Waals surface area contributed by atoms with E-state index in [1.165, 1.54) is 0 Å². The highest BCUT2D eigenvalue weighted by Crippen LogP contribution is 2.16. The number of ether oxygens (including phenoxy) is 3. The molecule has 1 aromatic heterocycles. The van der Waals surface area contributed by atoms with E-state index in [-0.39, 0.29) is 0 Å². The third kappa shape index (κ3) is 6.68. The van der Waals surface area contributed by atoms with Crippen molar-refractivity contribution in [1.82, 2.24) is 4.98 Å². The first-order chi connectivity index (χ1) is 8.76. The van der Waals surface area contributed by atoms with Gasteiger partial charge >= 0.3 is 19.1 Å². The summed E-state index contributed by atoms with van der Waals surface area (Å²) in [4.78, 5) is 4.13. The molecule has 110 valence electrons. The van der Waals surface area contributed by atoms with Gasteiger partial charge in [-0.05, 0) is 6.92 Å². The van der Waals surface area contributed by atoms with Gasteiger partial charge in [-0.25, -0.2) is 0 Å². The average molecular weight is 286 g/mol. The maximum absolute atomic E-state index is 9.75. The summed E-state index contributed by atoms with van der Waals surface area (Å²) in [5, 5.41) is 0. The zero-order valence-electron chi connectivity index (χ0n) is 11.0. The van der Waals surface area contributed by atoms with Crippen LogP contribution in [0.4, 0.5) is 17.3 Å². The third-order valence-electron chi connectivity index (χ3n) is 1.87. The van der Waals surface area contributed by atoms with Gasteiger partial charge in [0.25, 0.3) is 5.88 Å². The summed E-state index contributed by atoms with van der Waals surface area (Å²) in [5.41, 5.74) is 0. The zero-order valence-corrected chi connectivity index (χ0v) is 11.0. The highest BCUT2D eigenvalue weighted by atomic mass is 19.5. The molecule has 0 bridgehead atoms. The predicted octanol–water partition coefficient (Wildman–Crippen LogP) is 1.71. The van der Waals surface area contributed by atoms with Crippen molar-refractivity contribution in [2.45, 2.75) is 13.5 Å². The van der Waals surface area contributed by atoms with Crippen LogP contribution in [-0.4, -0.2) is 33.6 Å². The summed E-state index contributed by atoms with van der Waals surface area (Å²) < 4.78 is 56.1. The van der Waals surface area contributed by atoms with Gasteiger partial charge in [-0.3, -0.25) is 0 Å². The highest BCUT2D eigenvalue weighted by Gasteiger charge is 2.21. The summed E-state index contributed by atoms with van der Waals surface area (Å²) in [7, 11) is -1.29. The molecular weight excluding hydrogens is 271 g/mol. The molecule has 0 spiro atoms. The normalized spacial score (nSPS) is 10.3. The number of aromatic nitrogens is 2. The quantitative estimate of drug-likeness (QED) is 0.480. The maximum Gasteiger partial charge on any atom is 0.673 e. The Hall–Kier alpha value is -1.74. The monoisotopic (exact) mass is 286 g/mol. The van der Waals surface area contributed by atoms with Crippen molar-refractivity contribution in [3.05, 3.63) is 6.07 Å². The standard InChI is InChI=1S/C9H15N2O3.BF4/c1-5-11-8(13-3)6-7(12-2)10-9(11)14-4;2-1(3,4)5/h6H,5H2,1-4H3;/q+1;-1. The van der Waals surface area contributed by atoms with E-state index in [1.54, 1.807) is 27.4 Å². The Labute approximate surface area is 108 Å². The van der Waals surface area contributed by atoms with Gasteiger partial charge in [-0.1, -0.05) is 0 Å². The highest BCUT2D eigenvalue weighted by molar-refractivity contribution is 6.50. The summed E-state index contributed by atoms with van der Waals surface area (Å²) in [6.07, 6.45) is 0. The Morgan fingerprint density at radius 1 is 1.11 bits per heavy atom. The van der Waals surface area contributed by atoms with Gasteiger partial charge in [-0.2, -0.15) is 4.57 Å². The van der Waals surface area contributed by atoms with E-state index in [0.717, 1.165) is 6.54 Å². The van der Waals surface area contributed by atoms with Gasteiger partial charge in [0.2, 0.25) is 0 Å². The van der Waals surface area contributed by atoms with Crippen LogP contribution in [0.3, 0.4) is 0 Å². The van der Waals surface area contributed by atoms with E-state index < -0.39 is 7.25 Å². The Morgan fingerprint density at radius 2 is 1.63 bits per heavy atom. The molecule has 0 atom stereocenters. The van der Waals surface area contributed by atoms with Crippen LogP contribution in [0.1, 0.15) is 6.92 Å². The van der Waals surface area contributed by atoms with Crippen LogP contribution in [0.25, 0.3) is 0 Å². The molecule has 1 rings (SSSR count). The first-order valence-electron chi connectivity index (χ1n) is 5.21. The van der Waals surface area contributed by atoms with Crippen molar-refractivity contribution in [3.8, 4) is 17.8 Å². The molecule has 0 N–H and O–H groups in total. The van der Waals surface area contributed by atoms with Crippen molar-refractivity contribution >= 4 is 7.25 Å². The summed E-state index contributed by atoms with van der Waals surface area (Å²) >= 11 is 0. The second-order valence-electron chi connectivity index (χ2n) is 3.07. The Balaban J connectivity index is 0.000000555. The number of rotatable bonds is 4. The third-order valence-corrected chi connectivity index (χ3v) is 1.87. The summed E-state index contributed by atoms with van der Waals surface area (Å²) in [5.74, 6) is 1.14. The number of halogens is 4. The SMILES string of the molecule is CC[n+]1c(OC)cc(OC)nc1OC.F[B-](F)(F)F. The molecule has 0 fully saturated rings. The number of methoxy groups -OCH3 is 3. The second kappa shape index (κ2) is 7.65. The molecule has 0 aliphatic heterocycles. The van der Waals surface area contributed by atoms with E-state index >= 15 is 0 Å². The van der Waals surface area contributed by atoms with Crippen molar-refractivity contribution in [3.63, 3.8) is 0 Å². The van der Waals surface area contributed by atoms with Crippen LogP contribution >= 0.6 is 0 Å². The van der Waals surface area contributed by atoms with Crippen molar-refractivity contribution in [2.75, 3.05) is 21.3 Å². The van der Waals surface area contributed by atoms with E-state index in [2.05, 4.69) is 4.98 Å². The van der Waals surface area contributed by atoms with E-state index in [4.69, 9.17) is 14.2 Å². The van der Waals surface area contributed by atoms with E-state index in [1.807, 2.05) is 11.5 Å². The molecule has 0 unspecified atom stereocenters. The van der Waals surface area contributed by atoms with Crippen LogP contribution in [0.2, 0.25) is 0 Å². The van der Waals surface area contributed by atoms with Crippen molar-refractivity contribution < 1.29 is 36.0 Å². The largest absolute Gasteiger partial charge is 0.673 e. The van der Waals surface area contributed by atoms with Crippen LogP contribution in [-0.2, 0) is 6.54 Å². The van der Waals surface area contributed by atoms with Crippen molar-refractivity contribution in [1.29, 1.82) is 0 Å². The summed E-state index contributed by atoms with van der Waals surface area (Å²) in [6.45, 7) is 2.71. The zero-order chi connectivity index (χ0) is 15.1. The molecule has 1 aromatic rings. The van der Waals surface area contributed by atoms with Gasteiger partial charge in [-0.15, -0.1) is 0 Å². The van der Waals surface area contributed by atoms with E-state index in [0.29, 0.717) is 17.8 Å². The van der Waals surface area contributed by atoms with Gasteiger partial charge in [0.05, 0.1) is 27.9 Å². The van der Waals surface area contributed by atoms with Crippen LogP contribution in [0.5, 0.6) is 17.8 Å². The molecule has 0 aromatic carbocycles. The van der Waals surface area contributed by atoms with E-state index in [9.17, 15) is 17.3 Å². The Morgan fingerprint density at radius 3 is 1.95 bits per heavy atom. The van der Waals surface area contributed by atoms with Crippen molar-refractivity contribution in [2.24, 2.45) is 0 Å². The van der Waals surface area contributed by atoms with Gasteiger partial charge in [0, 0.05) is 4.98 Å². The maximum atomic E-state index is 9.75. The van der Waals surface area contributed by atoms with Crippen LogP contribution in [0, 0.1) is 0 Å². The topological polar surface area (TPSA) is 44.5 Å². The minimum atomic E-state index is -6.00. The molecular formula is C9H15BF4N2O3. The molecule has 0 aliphatic carbocycles. The molecule has 0 radical (unpaired) electrons. The minimum absolute atomic E-state index is 0.475. The summed E-state index contributed by atoms with van der Waals surface area (Å²) in [6, 6.07) is 2.19. The first kappa shape index (κ1) is 17.3. The van der Waals surface area contributed by atoms with Crippen LogP contribution in [0.15, 0.2) is 6.07 Å². The van der Waals surface area contributed by atoms with Gasteiger partial charge in [0.1, 0.15) is 6.07 Å². The molecule has 10 heteroatoms. The fourth-order valence-electron chi connectivity index (χ4n) is 1.19. The first-order valence-corrected chi connectivity index (χ1v) is 5.21. The fraction of sp³-hybridized carbons (Fsp3) is 0.556. The van der Waals surface area contributed by atoms with Gasteiger partial charge < -0.3 is 31.5 Å². The number of hydrogen-bond acceptors (Lipinski definition) is 4. The average Bonchev–Trinajstić information content (AvgIpc) is 2.34. The number of nitrogens with zero attached hydrogens (tertiary/aromatic N) is 2. The lowest BCUT2D eigenvalue weighted by Gasteiger charge is -2.05. The lowest BCUT2D eigenvalue weighted by atomic mass is 10.3. The molecule has 5 nitrogen and oxygen atoms in total. The number of hydrogen-bond donors (Lipinski definition) is 0. The molecule has 19 heavy (non-hydrogen) atoms. The second-order valence-corrected chi connectivity index (χ2v) is 3.07. The fourth-order valence-corrected chi connectivity index (χ4v) is 1.19. The van der Waals surface area contributed by atoms with Crippen LogP contribution < -0.4 is 18.8 Å². The Bertz CT molecular complexity index is 373. The minimum Gasteiger partial charge on any atom is -0.465 e. The lowest BCUT2D eigenvalue weighted by Crippen LogP contribution is -2.37. The molecule has 0 amide bonds. The van der Waals surface area contributed by atoms with Gasteiger partial charge in [0.15, 0.2) is 0 Å². The molecule has 1 heterocycles. The smallest absolute Gasteiger partial charge is 0.465 e. The Kier molecular flexibility index (Phi) is 6.95. The predicted molar refractivity (Wildman–Crippen MR) is 59.9 cm³/mol.